The average Bonchev–Trinajstić information content (AvgIpc) is 3.01. The largest absolute Gasteiger partial charge is 0.492 e. The van der Waals surface area contributed by atoms with E-state index in [9.17, 15) is 4.79 Å². The van der Waals surface area contributed by atoms with E-state index in [0.29, 0.717) is 34.5 Å². The first-order chi connectivity index (χ1) is 13.1. The molecule has 0 fully saturated rings. The lowest BCUT2D eigenvalue weighted by molar-refractivity contribution is 0.102. The number of thioether (sulfide) groups is 1. The molecule has 0 aliphatic carbocycles. The molecular weight excluding hydrogens is 382 g/mol. The minimum Gasteiger partial charge on any atom is -0.492 e. The molecule has 0 saturated carbocycles. The summed E-state index contributed by atoms with van der Waals surface area (Å²) in [5.41, 5.74) is 3.93. The SMILES string of the molecule is CCOc1ccccc1NC(=O)c1nn(C)c2c1CSc1ccc(Cl)cc1-2. The van der Waals surface area contributed by atoms with Crippen LogP contribution in [-0.2, 0) is 12.8 Å². The van der Waals surface area contributed by atoms with E-state index in [1.807, 2.05) is 56.4 Å². The smallest absolute Gasteiger partial charge is 0.276 e. The minimum atomic E-state index is -0.245. The number of nitrogens with zero attached hydrogens (tertiary/aromatic N) is 2. The highest BCUT2D eigenvalue weighted by atomic mass is 35.5. The summed E-state index contributed by atoms with van der Waals surface area (Å²) in [7, 11) is 1.85. The summed E-state index contributed by atoms with van der Waals surface area (Å²) in [4.78, 5) is 14.1. The number of aryl methyl sites for hydroxylation is 1. The summed E-state index contributed by atoms with van der Waals surface area (Å²) in [6, 6.07) is 13.2. The average molecular weight is 400 g/mol. The molecule has 0 radical (unpaired) electrons. The molecule has 7 heteroatoms. The number of rotatable bonds is 4. The van der Waals surface area contributed by atoms with Gasteiger partial charge in [0, 0.05) is 33.8 Å². The fourth-order valence-corrected chi connectivity index (χ4v) is 4.44. The van der Waals surface area contributed by atoms with Gasteiger partial charge >= 0.3 is 0 Å². The number of benzene rings is 2. The third-order valence-electron chi connectivity index (χ3n) is 4.36. The molecule has 2 heterocycles. The number of hydrogen-bond acceptors (Lipinski definition) is 4. The van der Waals surface area contributed by atoms with E-state index in [1.54, 1.807) is 16.4 Å². The zero-order valence-electron chi connectivity index (χ0n) is 15.0. The van der Waals surface area contributed by atoms with Crippen molar-refractivity contribution < 1.29 is 9.53 Å². The van der Waals surface area contributed by atoms with Gasteiger partial charge in [-0.2, -0.15) is 5.10 Å². The Morgan fingerprint density at radius 1 is 1.33 bits per heavy atom. The van der Waals surface area contributed by atoms with Crippen LogP contribution in [0.25, 0.3) is 11.3 Å². The minimum absolute atomic E-state index is 0.245. The molecule has 5 nitrogen and oxygen atoms in total. The van der Waals surface area contributed by atoms with Gasteiger partial charge in [-0.1, -0.05) is 23.7 Å². The molecule has 1 amide bonds. The number of carbonyl (C=O) groups is 1. The summed E-state index contributed by atoms with van der Waals surface area (Å²) in [5.74, 6) is 1.09. The molecule has 0 atom stereocenters. The summed E-state index contributed by atoms with van der Waals surface area (Å²) < 4.78 is 7.35. The molecule has 3 aromatic rings. The first-order valence-corrected chi connectivity index (χ1v) is 9.96. The Labute approximate surface area is 166 Å². The molecule has 2 aromatic carbocycles. The monoisotopic (exact) mass is 399 g/mol. The first kappa shape index (κ1) is 17.9. The highest BCUT2D eigenvalue weighted by Gasteiger charge is 2.28. The van der Waals surface area contributed by atoms with Gasteiger partial charge in [-0.05, 0) is 37.3 Å². The number of amides is 1. The fourth-order valence-electron chi connectivity index (χ4n) is 3.22. The van der Waals surface area contributed by atoms with Gasteiger partial charge in [0.1, 0.15) is 5.75 Å². The molecule has 1 aromatic heterocycles. The number of para-hydroxylation sites is 2. The molecule has 0 saturated heterocycles. The maximum absolute atomic E-state index is 13.0. The molecule has 1 aliphatic rings. The van der Waals surface area contributed by atoms with Gasteiger partial charge in [-0.25, -0.2) is 0 Å². The number of aromatic nitrogens is 2. The van der Waals surface area contributed by atoms with E-state index in [-0.39, 0.29) is 5.91 Å². The highest BCUT2D eigenvalue weighted by Crippen LogP contribution is 2.43. The maximum atomic E-state index is 13.0. The maximum Gasteiger partial charge on any atom is 0.276 e. The van der Waals surface area contributed by atoms with Gasteiger partial charge in [0.2, 0.25) is 0 Å². The van der Waals surface area contributed by atoms with Crippen molar-refractivity contribution in [2.45, 2.75) is 17.6 Å². The van der Waals surface area contributed by atoms with Gasteiger partial charge < -0.3 is 10.1 Å². The predicted molar refractivity (Wildman–Crippen MR) is 109 cm³/mol. The number of carbonyl (C=O) groups excluding carboxylic acids is 1. The van der Waals surface area contributed by atoms with E-state index in [2.05, 4.69) is 10.4 Å². The molecular formula is C20H18ClN3O2S. The van der Waals surface area contributed by atoms with Crippen LogP contribution in [-0.4, -0.2) is 22.3 Å². The lowest BCUT2D eigenvalue weighted by Crippen LogP contribution is -2.15. The van der Waals surface area contributed by atoms with Crippen molar-refractivity contribution in [1.82, 2.24) is 9.78 Å². The van der Waals surface area contributed by atoms with Crippen LogP contribution >= 0.6 is 23.4 Å². The lowest BCUT2D eigenvalue weighted by atomic mass is 10.1. The molecule has 138 valence electrons. The predicted octanol–water partition coefficient (Wildman–Crippen LogP) is 5.00. The van der Waals surface area contributed by atoms with Crippen LogP contribution in [0.15, 0.2) is 47.4 Å². The fraction of sp³-hybridized carbons (Fsp3) is 0.200. The Morgan fingerprint density at radius 2 is 2.15 bits per heavy atom. The van der Waals surface area contributed by atoms with Crippen molar-refractivity contribution in [2.24, 2.45) is 7.05 Å². The van der Waals surface area contributed by atoms with Crippen LogP contribution in [0.2, 0.25) is 5.02 Å². The number of halogens is 1. The summed E-state index contributed by atoms with van der Waals surface area (Å²) >= 11 is 7.87. The quantitative estimate of drug-likeness (QED) is 0.670. The van der Waals surface area contributed by atoms with Gasteiger partial charge in [0.05, 0.1) is 18.0 Å². The second kappa shape index (κ2) is 7.29. The van der Waals surface area contributed by atoms with Crippen molar-refractivity contribution in [3.8, 4) is 17.0 Å². The third kappa shape index (κ3) is 3.31. The van der Waals surface area contributed by atoms with Gasteiger partial charge in [-0.15, -0.1) is 11.8 Å². The first-order valence-electron chi connectivity index (χ1n) is 8.60. The van der Waals surface area contributed by atoms with Crippen LogP contribution in [0.4, 0.5) is 5.69 Å². The lowest BCUT2D eigenvalue weighted by Gasteiger charge is -2.17. The summed E-state index contributed by atoms with van der Waals surface area (Å²) in [6.45, 7) is 2.44. The molecule has 4 rings (SSSR count). The molecule has 1 N–H and O–H groups in total. The van der Waals surface area contributed by atoms with Crippen LogP contribution in [0.1, 0.15) is 23.0 Å². The zero-order valence-corrected chi connectivity index (χ0v) is 16.5. The van der Waals surface area contributed by atoms with Crippen LogP contribution in [0, 0.1) is 0 Å². The molecule has 0 unspecified atom stereocenters. The van der Waals surface area contributed by atoms with E-state index in [0.717, 1.165) is 21.7 Å². The second-order valence-corrected chi connectivity index (χ2v) is 7.57. The molecule has 0 spiro atoms. The number of hydrogen-bond donors (Lipinski definition) is 1. The second-order valence-electron chi connectivity index (χ2n) is 6.11. The topological polar surface area (TPSA) is 56.1 Å². The Balaban J connectivity index is 1.71. The summed E-state index contributed by atoms with van der Waals surface area (Å²) in [5, 5.41) is 8.10. The Hall–Kier alpha value is -2.44. The van der Waals surface area contributed by atoms with Gasteiger partial charge in [-0.3, -0.25) is 9.48 Å². The standard InChI is InChI=1S/C20H18ClN3O2S/c1-3-26-16-7-5-4-6-15(16)22-20(25)18-14-11-27-17-9-8-12(21)10-13(17)19(14)24(2)23-18/h4-10H,3,11H2,1-2H3,(H,22,25). The van der Waals surface area contributed by atoms with Crippen molar-refractivity contribution in [3.63, 3.8) is 0 Å². The summed E-state index contributed by atoms with van der Waals surface area (Å²) in [6.07, 6.45) is 0. The molecule has 0 bridgehead atoms. The Bertz CT molecular complexity index is 1030. The number of ether oxygens (including phenoxy) is 1. The van der Waals surface area contributed by atoms with Crippen molar-refractivity contribution >= 4 is 35.0 Å². The van der Waals surface area contributed by atoms with E-state index in [4.69, 9.17) is 16.3 Å². The number of nitrogens with one attached hydrogen (secondary N) is 1. The Morgan fingerprint density at radius 3 is 2.96 bits per heavy atom. The van der Waals surface area contributed by atoms with Gasteiger partial charge in [0.25, 0.3) is 5.91 Å². The highest BCUT2D eigenvalue weighted by molar-refractivity contribution is 7.98. The van der Waals surface area contributed by atoms with Crippen molar-refractivity contribution in [3.05, 3.63) is 58.7 Å². The molecule has 27 heavy (non-hydrogen) atoms. The number of anilines is 1. The normalized spacial score (nSPS) is 12.3. The van der Waals surface area contributed by atoms with Crippen molar-refractivity contribution in [2.75, 3.05) is 11.9 Å². The van der Waals surface area contributed by atoms with Gasteiger partial charge in [0.15, 0.2) is 5.69 Å². The van der Waals surface area contributed by atoms with E-state index >= 15 is 0 Å². The third-order valence-corrected chi connectivity index (χ3v) is 5.70. The van der Waals surface area contributed by atoms with Crippen molar-refractivity contribution in [1.29, 1.82) is 0 Å². The Kier molecular flexibility index (Phi) is 4.85. The van der Waals surface area contributed by atoms with E-state index < -0.39 is 0 Å². The zero-order chi connectivity index (χ0) is 19.0. The van der Waals surface area contributed by atoms with E-state index in [1.165, 1.54) is 0 Å². The number of fused-ring (bicyclic) bond motifs is 3. The van der Waals surface area contributed by atoms with Crippen LogP contribution in [0.5, 0.6) is 5.75 Å². The van der Waals surface area contributed by atoms with Crippen LogP contribution in [0.3, 0.4) is 0 Å². The van der Waals surface area contributed by atoms with Crippen LogP contribution < -0.4 is 10.1 Å². The molecule has 1 aliphatic heterocycles.